The Morgan fingerprint density at radius 2 is 1.56 bits per heavy atom. The maximum Gasteiger partial charge on any atom is 0.329 e. The monoisotopic (exact) mass is 497 g/mol. The van der Waals surface area contributed by atoms with E-state index in [1.165, 1.54) is 19.3 Å². The molecule has 4 saturated carbocycles. The molecular formula is C26H35N5O5. The van der Waals surface area contributed by atoms with Crippen LogP contribution >= 0.6 is 0 Å². The molecule has 3 heterocycles. The van der Waals surface area contributed by atoms with Crippen LogP contribution in [0.15, 0.2) is 18.5 Å². The van der Waals surface area contributed by atoms with E-state index < -0.39 is 18.1 Å². The Morgan fingerprint density at radius 3 is 2.17 bits per heavy atom. The molecule has 194 valence electrons. The fraction of sp³-hybridized carbons (Fsp3) is 0.731. The van der Waals surface area contributed by atoms with Crippen molar-refractivity contribution in [3.05, 3.63) is 18.5 Å². The Morgan fingerprint density at radius 1 is 0.944 bits per heavy atom. The minimum absolute atomic E-state index is 0.0191. The zero-order valence-corrected chi connectivity index (χ0v) is 20.6. The van der Waals surface area contributed by atoms with Crippen LogP contribution in [0.4, 0.5) is 5.95 Å². The summed E-state index contributed by atoms with van der Waals surface area (Å²) >= 11 is 0. The Kier molecular flexibility index (Phi) is 6.09. The van der Waals surface area contributed by atoms with E-state index in [0.717, 1.165) is 19.3 Å². The number of carbonyl (C=O) groups excluding carboxylic acids is 3. The number of nitrogens with zero attached hydrogens (tertiary/aromatic N) is 5. The van der Waals surface area contributed by atoms with Gasteiger partial charge >= 0.3 is 5.97 Å². The van der Waals surface area contributed by atoms with E-state index in [1.54, 1.807) is 28.3 Å². The summed E-state index contributed by atoms with van der Waals surface area (Å²) in [6, 6.07) is 0.944. The number of piperazine rings is 1. The number of amides is 2. The van der Waals surface area contributed by atoms with Crippen molar-refractivity contribution in [2.75, 3.05) is 44.2 Å². The third kappa shape index (κ3) is 4.33. The molecule has 4 aliphatic carbocycles. The van der Waals surface area contributed by atoms with Gasteiger partial charge in [-0.3, -0.25) is 9.59 Å². The number of aliphatic hydroxyl groups is 1. The van der Waals surface area contributed by atoms with Crippen LogP contribution in [0, 0.1) is 23.2 Å². The van der Waals surface area contributed by atoms with Gasteiger partial charge in [0.1, 0.15) is 6.04 Å². The number of ether oxygens (including phenoxy) is 1. The number of esters is 1. The van der Waals surface area contributed by atoms with Gasteiger partial charge in [0.15, 0.2) is 6.61 Å². The van der Waals surface area contributed by atoms with E-state index in [4.69, 9.17) is 4.74 Å². The van der Waals surface area contributed by atoms with E-state index in [-0.39, 0.29) is 36.8 Å². The lowest BCUT2D eigenvalue weighted by Gasteiger charge is -2.56. The maximum atomic E-state index is 13.8. The zero-order chi connectivity index (χ0) is 24.9. The lowest BCUT2D eigenvalue weighted by Crippen LogP contribution is -2.56. The first kappa shape index (κ1) is 23.6. The van der Waals surface area contributed by atoms with E-state index in [1.807, 2.05) is 4.90 Å². The van der Waals surface area contributed by atoms with Crippen molar-refractivity contribution in [1.29, 1.82) is 0 Å². The summed E-state index contributed by atoms with van der Waals surface area (Å²) in [4.78, 5) is 53.4. The number of hydrogen-bond donors (Lipinski definition) is 1. The lowest BCUT2D eigenvalue weighted by molar-refractivity contribution is -0.166. The molecule has 2 atom stereocenters. The Hall–Kier alpha value is -2.75. The number of aromatic nitrogens is 2. The van der Waals surface area contributed by atoms with Crippen molar-refractivity contribution in [3.8, 4) is 0 Å². The van der Waals surface area contributed by atoms with Crippen molar-refractivity contribution in [2.24, 2.45) is 23.2 Å². The molecule has 10 nitrogen and oxygen atoms in total. The summed E-state index contributed by atoms with van der Waals surface area (Å²) in [5.74, 6) is 1.66. The van der Waals surface area contributed by atoms with Gasteiger partial charge in [0, 0.05) is 51.5 Å². The van der Waals surface area contributed by atoms with Gasteiger partial charge in [-0.15, -0.1) is 0 Å². The van der Waals surface area contributed by atoms with Crippen molar-refractivity contribution >= 4 is 23.7 Å². The van der Waals surface area contributed by atoms with Crippen molar-refractivity contribution < 1.29 is 24.2 Å². The first-order chi connectivity index (χ1) is 17.4. The molecule has 6 fully saturated rings. The molecule has 7 rings (SSSR count). The molecule has 1 N–H and O–H groups in total. The topological polar surface area (TPSA) is 116 Å². The Bertz CT molecular complexity index is 976. The van der Waals surface area contributed by atoms with Crippen LogP contribution in [-0.4, -0.2) is 94.1 Å². The third-order valence-electron chi connectivity index (χ3n) is 9.11. The molecule has 0 aromatic carbocycles. The maximum absolute atomic E-state index is 13.8. The lowest BCUT2D eigenvalue weighted by atomic mass is 9.49. The van der Waals surface area contributed by atoms with Crippen LogP contribution in [0.5, 0.6) is 0 Å². The first-order valence-electron chi connectivity index (χ1n) is 13.4. The SMILES string of the molecule is O=C(OCC(=O)N1CCN(c2ncccn2)CC1)[C@H]1C[C@@H](O)CN1C(=O)C12CC3CC(CC(C3)C1)C2. The Labute approximate surface area is 211 Å². The number of likely N-dealkylation sites (tertiary alicyclic amines) is 1. The predicted molar refractivity (Wildman–Crippen MR) is 129 cm³/mol. The second-order valence-electron chi connectivity index (χ2n) is 11.6. The highest BCUT2D eigenvalue weighted by Gasteiger charge is 2.57. The van der Waals surface area contributed by atoms with Crippen LogP contribution in [-0.2, 0) is 19.1 Å². The van der Waals surface area contributed by atoms with Gasteiger partial charge in [0.25, 0.3) is 5.91 Å². The summed E-state index contributed by atoms with van der Waals surface area (Å²) < 4.78 is 5.43. The summed E-state index contributed by atoms with van der Waals surface area (Å²) in [5.41, 5.74) is -0.380. The van der Waals surface area contributed by atoms with Gasteiger partial charge in [0.05, 0.1) is 11.5 Å². The highest BCUT2D eigenvalue weighted by atomic mass is 16.5. The van der Waals surface area contributed by atoms with E-state index >= 15 is 0 Å². The number of anilines is 1. The number of carbonyl (C=O) groups is 3. The van der Waals surface area contributed by atoms with Crippen LogP contribution in [0.1, 0.15) is 44.9 Å². The molecule has 0 unspecified atom stereocenters. The molecular weight excluding hydrogens is 462 g/mol. The highest BCUT2D eigenvalue weighted by molar-refractivity contribution is 5.90. The molecule has 10 heteroatoms. The van der Waals surface area contributed by atoms with Crippen molar-refractivity contribution in [2.45, 2.75) is 57.1 Å². The number of hydrogen-bond acceptors (Lipinski definition) is 8. The second kappa shape index (κ2) is 9.28. The summed E-state index contributed by atoms with van der Waals surface area (Å²) in [6.07, 6.45) is 9.22. The Balaban J connectivity index is 1.04. The number of rotatable bonds is 5. The molecule has 2 amide bonds. The molecule has 36 heavy (non-hydrogen) atoms. The third-order valence-corrected chi connectivity index (χ3v) is 9.11. The molecule has 4 bridgehead atoms. The number of β-amino-alcohol motifs (C(OH)–C–C–N with tert-alkyl or cyclic N) is 1. The number of aliphatic hydroxyl groups excluding tert-OH is 1. The van der Waals surface area contributed by atoms with Gasteiger partial charge < -0.3 is 24.5 Å². The fourth-order valence-electron chi connectivity index (χ4n) is 7.87. The average Bonchev–Trinajstić information content (AvgIpc) is 3.28. The average molecular weight is 498 g/mol. The predicted octanol–water partition coefficient (Wildman–Crippen LogP) is 0.847. The van der Waals surface area contributed by atoms with Gasteiger partial charge in [-0.05, 0) is 62.3 Å². The summed E-state index contributed by atoms with van der Waals surface area (Å²) in [6.45, 7) is 2.00. The standard InChI is InChI=1S/C26H35N5O5/c32-20-11-21(31(15-20)24(35)26-12-17-8-18(13-26)10-19(9-17)14-26)23(34)36-16-22(33)29-4-6-30(7-5-29)25-27-2-1-3-28-25/h1-3,17-21,32H,4-16H2/t17?,18?,19?,20-,21-,26?/m1/s1. The molecule has 2 saturated heterocycles. The highest BCUT2D eigenvalue weighted by Crippen LogP contribution is 2.60. The fourth-order valence-corrected chi connectivity index (χ4v) is 7.87. The van der Waals surface area contributed by atoms with Gasteiger partial charge in [0.2, 0.25) is 11.9 Å². The van der Waals surface area contributed by atoms with Crippen LogP contribution < -0.4 is 4.90 Å². The van der Waals surface area contributed by atoms with Crippen LogP contribution in [0.3, 0.4) is 0 Å². The minimum Gasteiger partial charge on any atom is -0.454 e. The summed E-state index contributed by atoms with van der Waals surface area (Å²) in [5, 5.41) is 10.4. The first-order valence-corrected chi connectivity index (χ1v) is 13.4. The molecule has 1 aromatic rings. The smallest absolute Gasteiger partial charge is 0.329 e. The van der Waals surface area contributed by atoms with Crippen molar-refractivity contribution in [3.63, 3.8) is 0 Å². The largest absolute Gasteiger partial charge is 0.454 e. The second-order valence-corrected chi connectivity index (χ2v) is 11.6. The molecule has 1 aromatic heterocycles. The van der Waals surface area contributed by atoms with Gasteiger partial charge in [-0.2, -0.15) is 0 Å². The van der Waals surface area contributed by atoms with Crippen LogP contribution in [0.2, 0.25) is 0 Å². The summed E-state index contributed by atoms with van der Waals surface area (Å²) in [7, 11) is 0. The van der Waals surface area contributed by atoms with Gasteiger partial charge in [-0.1, -0.05) is 0 Å². The molecule has 2 aliphatic heterocycles. The minimum atomic E-state index is -0.819. The quantitative estimate of drug-likeness (QED) is 0.595. The molecule has 6 aliphatic rings. The normalized spacial score (nSPS) is 35.2. The van der Waals surface area contributed by atoms with Crippen LogP contribution in [0.25, 0.3) is 0 Å². The van der Waals surface area contributed by atoms with E-state index in [2.05, 4.69) is 9.97 Å². The molecule has 0 spiro atoms. The van der Waals surface area contributed by atoms with E-state index in [9.17, 15) is 19.5 Å². The zero-order valence-electron chi connectivity index (χ0n) is 20.6. The molecule has 0 radical (unpaired) electrons. The van der Waals surface area contributed by atoms with Gasteiger partial charge in [-0.25, -0.2) is 14.8 Å². The van der Waals surface area contributed by atoms with Crippen molar-refractivity contribution in [1.82, 2.24) is 19.8 Å². The van der Waals surface area contributed by atoms with E-state index in [0.29, 0.717) is 49.9 Å².